The Morgan fingerprint density at radius 1 is 1.25 bits per heavy atom. The van der Waals surface area contributed by atoms with E-state index < -0.39 is 0 Å². The SMILES string of the molecule is CCC(NC)c1cccc(Oc2ccc(Br)cc2F)c1. The van der Waals surface area contributed by atoms with Crippen molar-refractivity contribution >= 4 is 15.9 Å². The molecule has 4 heteroatoms. The summed E-state index contributed by atoms with van der Waals surface area (Å²) in [5, 5.41) is 3.24. The van der Waals surface area contributed by atoms with Crippen LogP contribution in [0.15, 0.2) is 46.9 Å². The van der Waals surface area contributed by atoms with Crippen LogP contribution in [0.2, 0.25) is 0 Å². The molecule has 0 radical (unpaired) electrons. The lowest BCUT2D eigenvalue weighted by Gasteiger charge is -2.15. The van der Waals surface area contributed by atoms with E-state index in [-0.39, 0.29) is 17.6 Å². The highest BCUT2D eigenvalue weighted by atomic mass is 79.9. The van der Waals surface area contributed by atoms with Crippen LogP contribution in [0.5, 0.6) is 11.5 Å². The van der Waals surface area contributed by atoms with E-state index in [4.69, 9.17) is 4.74 Å². The van der Waals surface area contributed by atoms with Crippen molar-refractivity contribution in [1.82, 2.24) is 5.32 Å². The summed E-state index contributed by atoms with van der Waals surface area (Å²) in [4.78, 5) is 0. The molecule has 1 atom stereocenters. The maximum atomic E-state index is 13.8. The predicted octanol–water partition coefficient (Wildman–Crippen LogP) is 5.05. The first kappa shape index (κ1) is 15.0. The Balaban J connectivity index is 2.23. The number of nitrogens with one attached hydrogen (secondary N) is 1. The molecule has 2 aromatic carbocycles. The van der Waals surface area contributed by atoms with E-state index in [0.29, 0.717) is 10.2 Å². The third-order valence-corrected chi connectivity index (χ3v) is 3.63. The van der Waals surface area contributed by atoms with Crippen LogP contribution in [0, 0.1) is 5.82 Å². The van der Waals surface area contributed by atoms with Crippen molar-refractivity contribution in [3.63, 3.8) is 0 Å². The van der Waals surface area contributed by atoms with Gasteiger partial charge in [0.1, 0.15) is 5.75 Å². The number of benzene rings is 2. The van der Waals surface area contributed by atoms with Crippen LogP contribution in [0.1, 0.15) is 24.9 Å². The third kappa shape index (κ3) is 3.58. The second-order valence-electron chi connectivity index (χ2n) is 4.50. The molecular formula is C16H17BrFNO. The van der Waals surface area contributed by atoms with Gasteiger partial charge >= 0.3 is 0 Å². The second kappa shape index (κ2) is 6.86. The lowest BCUT2D eigenvalue weighted by molar-refractivity contribution is 0.440. The average Bonchev–Trinajstić information content (AvgIpc) is 2.44. The quantitative estimate of drug-likeness (QED) is 0.824. The van der Waals surface area contributed by atoms with Crippen molar-refractivity contribution in [3.05, 3.63) is 58.3 Å². The summed E-state index contributed by atoms with van der Waals surface area (Å²) in [5.74, 6) is 0.478. The Morgan fingerprint density at radius 3 is 2.70 bits per heavy atom. The summed E-state index contributed by atoms with van der Waals surface area (Å²) < 4.78 is 20.1. The monoisotopic (exact) mass is 337 g/mol. The van der Waals surface area contributed by atoms with Gasteiger partial charge in [-0.3, -0.25) is 0 Å². The minimum atomic E-state index is -0.384. The van der Waals surface area contributed by atoms with Gasteiger partial charge in [-0.05, 0) is 49.4 Å². The molecule has 2 nitrogen and oxygen atoms in total. The van der Waals surface area contributed by atoms with Gasteiger partial charge in [-0.15, -0.1) is 0 Å². The van der Waals surface area contributed by atoms with E-state index in [1.807, 2.05) is 31.3 Å². The summed E-state index contributed by atoms with van der Waals surface area (Å²) in [6.45, 7) is 2.11. The normalized spacial score (nSPS) is 12.2. The zero-order valence-electron chi connectivity index (χ0n) is 11.5. The molecule has 106 valence electrons. The average molecular weight is 338 g/mol. The predicted molar refractivity (Wildman–Crippen MR) is 82.7 cm³/mol. The lowest BCUT2D eigenvalue weighted by Crippen LogP contribution is -2.14. The maximum absolute atomic E-state index is 13.8. The maximum Gasteiger partial charge on any atom is 0.166 e. The van der Waals surface area contributed by atoms with Gasteiger partial charge in [0.2, 0.25) is 0 Å². The van der Waals surface area contributed by atoms with Crippen LogP contribution in [0.25, 0.3) is 0 Å². The summed E-state index contributed by atoms with van der Waals surface area (Å²) in [5.41, 5.74) is 1.13. The topological polar surface area (TPSA) is 21.3 Å². The minimum Gasteiger partial charge on any atom is -0.454 e. The molecule has 1 N–H and O–H groups in total. The number of ether oxygens (including phenoxy) is 1. The molecule has 20 heavy (non-hydrogen) atoms. The van der Waals surface area contributed by atoms with Gasteiger partial charge in [0.25, 0.3) is 0 Å². The molecule has 1 unspecified atom stereocenters. The number of hydrogen-bond donors (Lipinski definition) is 1. The second-order valence-corrected chi connectivity index (χ2v) is 5.41. The Morgan fingerprint density at radius 2 is 2.05 bits per heavy atom. The van der Waals surface area contributed by atoms with E-state index >= 15 is 0 Å². The molecule has 0 amide bonds. The zero-order valence-corrected chi connectivity index (χ0v) is 13.1. The first-order valence-corrected chi connectivity index (χ1v) is 7.33. The van der Waals surface area contributed by atoms with Crippen LogP contribution >= 0.6 is 15.9 Å². The number of rotatable bonds is 5. The molecule has 0 bridgehead atoms. The smallest absolute Gasteiger partial charge is 0.166 e. The highest BCUT2D eigenvalue weighted by Gasteiger charge is 2.09. The molecule has 0 spiro atoms. The molecule has 0 aromatic heterocycles. The summed E-state index contributed by atoms with van der Waals surface area (Å²) in [6, 6.07) is 12.7. The van der Waals surface area contributed by atoms with Crippen LogP contribution in [-0.2, 0) is 0 Å². The lowest BCUT2D eigenvalue weighted by atomic mass is 10.0. The van der Waals surface area contributed by atoms with Gasteiger partial charge in [0.05, 0.1) is 0 Å². The fraction of sp³-hybridized carbons (Fsp3) is 0.250. The molecule has 0 aliphatic rings. The summed E-state index contributed by atoms with van der Waals surface area (Å²) in [6.07, 6.45) is 0.979. The molecule has 2 aromatic rings. The van der Waals surface area contributed by atoms with Crippen LogP contribution in [0.4, 0.5) is 4.39 Å². The molecule has 0 saturated carbocycles. The molecular weight excluding hydrogens is 321 g/mol. The van der Waals surface area contributed by atoms with Gasteiger partial charge in [0.15, 0.2) is 11.6 Å². The van der Waals surface area contributed by atoms with E-state index in [9.17, 15) is 4.39 Å². The van der Waals surface area contributed by atoms with Crippen LogP contribution in [-0.4, -0.2) is 7.05 Å². The van der Waals surface area contributed by atoms with Gasteiger partial charge in [-0.25, -0.2) is 4.39 Å². The van der Waals surface area contributed by atoms with E-state index in [2.05, 4.69) is 28.2 Å². The first-order chi connectivity index (χ1) is 9.63. The standard InChI is InChI=1S/C16H17BrFNO/c1-3-15(19-2)11-5-4-6-13(9-11)20-16-8-7-12(17)10-14(16)18/h4-10,15,19H,3H2,1-2H3. The molecule has 0 aliphatic carbocycles. The largest absolute Gasteiger partial charge is 0.454 e. The summed E-state index contributed by atoms with van der Waals surface area (Å²) in [7, 11) is 1.93. The van der Waals surface area contributed by atoms with E-state index in [1.165, 1.54) is 6.07 Å². The molecule has 0 heterocycles. The fourth-order valence-corrected chi connectivity index (χ4v) is 2.42. The van der Waals surface area contributed by atoms with Crippen molar-refractivity contribution < 1.29 is 9.13 Å². The highest BCUT2D eigenvalue weighted by Crippen LogP contribution is 2.28. The van der Waals surface area contributed by atoms with Gasteiger partial charge < -0.3 is 10.1 Å². The Labute approximate surface area is 127 Å². The van der Waals surface area contributed by atoms with Gasteiger partial charge in [-0.2, -0.15) is 0 Å². The molecule has 0 aliphatic heterocycles. The molecule has 0 saturated heterocycles. The van der Waals surface area contributed by atoms with Crippen molar-refractivity contribution in [2.75, 3.05) is 7.05 Å². The Kier molecular flexibility index (Phi) is 5.15. The van der Waals surface area contributed by atoms with Gasteiger partial charge in [0, 0.05) is 10.5 Å². The highest BCUT2D eigenvalue weighted by molar-refractivity contribution is 9.10. The zero-order chi connectivity index (χ0) is 14.5. The van der Waals surface area contributed by atoms with Gasteiger partial charge in [-0.1, -0.05) is 35.0 Å². The molecule has 2 rings (SSSR count). The molecule has 0 fully saturated rings. The Hall–Kier alpha value is -1.39. The first-order valence-electron chi connectivity index (χ1n) is 6.54. The number of halogens is 2. The van der Waals surface area contributed by atoms with E-state index in [1.54, 1.807) is 12.1 Å². The van der Waals surface area contributed by atoms with Crippen LogP contribution in [0.3, 0.4) is 0 Å². The van der Waals surface area contributed by atoms with Crippen molar-refractivity contribution in [2.45, 2.75) is 19.4 Å². The number of hydrogen-bond acceptors (Lipinski definition) is 2. The van der Waals surface area contributed by atoms with Crippen molar-refractivity contribution in [3.8, 4) is 11.5 Å². The van der Waals surface area contributed by atoms with Crippen LogP contribution < -0.4 is 10.1 Å². The van der Waals surface area contributed by atoms with E-state index in [0.717, 1.165) is 12.0 Å². The summed E-state index contributed by atoms with van der Waals surface area (Å²) >= 11 is 3.23. The van der Waals surface area contributed by atoms with Crippen molar-refractivity contribution in [1.29, 1.82) is 0 Å². The Bertz CT molecular complexity index is 584. The third-order valence-electron chi connectivity index (χ3n) is 3.14. The fourth-order valence-electron chi connectivity index (χ4n) is 2.09. The minimum absolute atomic E-state index is 0.225. The van der Waals surface area contributed by atoms with Crippen molar-refractivity contribution in [2.24, 2.45) is 0 Å².